The highest BCUT2D eigenvalue weighted by Crippen LogP contribution is 2.31. The summed E-state index contributed by atoms with van der Waals surface area (Å²) in [6.07, 6.45) is 0. The van der Waals surface area contributed by atoms with Crippen LogP contribution in [-0.4, -0.2) is 9.97 Å². The highest BCUT2D eigenvalue weighted by atomic mass is 79.9. The molecule has 0 saturated heterocycles. The molecule has 21 heavy (non-hydrogen) atoms. The van der Waals surface area contributed by atoms with E-state index < -0.39 is 0 Å². The molecular weight excluding hydrogens is 346 g/mol. The molecular formula is C16H12BrN3S. The number of rotatable bonds is 2. The van der Waals surface area contributed by atoms with Gasteiger partial charge in [-0.1, -0.05) is 58.4 Å². The quantitative estimate of drug-likeness (QED) is 0.646. The lowest BCUT2D eigenvalue weighted by atomic mass is 10.1. The molecule has 0 fully saturated rings. The van der Waals surface area contributed by atoms with Crippen LogP contribution in [0.2, 0.25) is 0 Å². The second kappa shape index (κ2) is 5.79. The second-order valence-corrected chi connectivity index (χ2v) is 5.85. The summed E-state index contributed by atoms with van der Waals surface area (Å²) in [6.45, 7) is 0. The maximum atomic E-state index is 6.30. The molecule has 2 aromatic carbocycles. The van der Waals surface area contributed by atoms with E-state index in [1.165, 1.54) is 0 Å². The van der Waals surface area contributed by atoms with Crippen molar-refractivity contribution in [3.8, 4) is 22.5 Å². The van der Waals surface area contributed by atoms with Crippen molar-refractivity contribution in [3.05, 3.63) is 63.8 Å². The Morgan fingerprint density at radius 1 is 0.952 bits per heavy atom. The van der Waals surface area contributed by atoms with Gasteiger partial charge >= 0.3 is 0 Å². The van der Waals surface area contributed by atoms with Crippen molar-refractivity contribution < 1.29 is 0 Å². The zero-order valence-electron chi connectivity index (χ0n) is 11.0. The summed E-state index contributed by atoms with van der Waals surface area (Å²) >= 11 is 8.67. The molecule has 0 spiro atoms. The minimum Gasteiger partial charge on any atom is -0.395 e. The molecule has 0 aliphatic rings. The molecule has 0 aliphatic carbocycles. The van der Waals surface area contributed by atoms with Gasteiger partial charge in [-0.05, 0) is 24.4 Å². The topological polar surface area (TPSA) is 54.7 Å². The van der Waals surface area contributed by atoms with Crippen LogP contribution in [0.1, 0.15) is 0 Å². The summed E-state index contributed by atoms with van der Waals surface area (Å²) < 4.78 is 1.43. The van der Waals surface area contributed by atoms with Crippen molar-refractivity contribution in [1.82, 2.24) is 9.97 Å². The molecule has 3 N–H and O–H groups in total. The third-order valence-electron chi connectivity index (χ3n) is 3.15. The Labute approximate surface area is 136 Å². The molecule has 3 rings (SSSR count). The summed E-state index contributed by atoms with van der Waals surface area (Å²) in [5.41, 5.74) is 10.3. The molecule has 0 bridgehead atoms. The number of halogens is 1. The molecule has 104 valence electrons. The monoisotopic (exact) mass is 357 g/mol. The van der Waals surface area contributed by atoms with E-state index >= 15 is 0 Å². The smallest absolute Gasteiger partial charge is 0.197 e. The van der Waals surface area contributed by atoms with Crippen molar-refractivity contribution in [3.63, 3.8) is 0 Å². The number of anilines is 1. The standard InChI is InChI=1S/C16H12BrN3S/c17-12-8-6-11(7-9-12)15-13(18)14(19-16(21)20-15)10-4-2-1-3-5-10/h1-9H,18H2,(H,19,20,21). The molecule has 1 aromatic heterocycles. The molecule has 0 amide bonds. The van der Waals surface area contributed by atoms with Gasteiger partial charge in [-0.15, -0.1) is 0 Å². The lowest BCUT2D eigenvalue weighted by Crippen LogP contribution is -2.00. The van der Waals surface area contributed by atoms with Gasteiger partial charge in [0.15, 0.2) is 4.77 Å². The van der Waals surface area contributed by atoms with Crippen LogP contribution >= 0.6 is 28.1 Å². The van der Waals surface area contributed by atoms with Gasteiger partial charge in [-0.3, -0.25) is 0 Å². The van der Waals surface area contributed by atoms with Crippen LogP contribution in [0, 0.1) is 4.77 Å². The van der Waals surface area contributed by atoms with Gasteiger partial charge < -0.3 is 10.7 Å². The normalized spacial score (nSPS) is 10.5. The molecule has 5 heteroatoms. The van der Waals surface area contributed by atoms with Crippen LogP contribution in [0.3, 0.4) is 0 Å². The van der Waals surface area contributed by atoms with E-state index in [1.54, 1.807) is 0 Å². The molecule has 1 heterocycles. The zero-order valence-corrected chi connectivity index (χ0v) is 13.4. The van der Waals surface area contributed by atoms with E-state index in [-0.39, 0.29) is 0 Å². The first-order valence-electron chi connectivity index (χ1n) is 6.36. The largest absolute Gasteiger partial charge is 0.395 e. The van der Waals surface area contributed by atoms with Gasteiger partial charge in [0.2, 0.25) is 0 Å². The summed E-state index contributed by atoms with van der Waals surface area (Å²) in [5, 5.41) is 0. The van der Waals surface area contributed by atoms with Gasteiger partial charge in [0.1, 0.15) is 0 Å². The van der Waals surface area contributed by atoms with Gasteiger partial charge in [0, 0.05) is 15.6 Å². The summed E-state index contributed by atoms with van der Waals surface area (Å²) in [5.74, 6) is 0. The zero-order chi connectivity index (χ0) is 14.8. The molecule has 3 nitrogen and oxygen atoms in total. The molecule has 0 unspecified atom stereocenters. The fourth-order valence-corrected chi connectivity index (χ4v) is 2.60. The summed E-state index contributed by atoms with van der Waals surface area (Å²) in [4.78, 5) is 7.46. The van der Waals surface area contributed by atoms with Crippen molar-refractivity contribution in [1.29, 1.82) is 0 Å². The number of hydrogen-bond acceptors (Lipinski definition) is 3. The Kier molecular flexibility index (Phi) is 3.86. The van der Waals surface area contributed by atoms with Crippen molar-refractivity contribution in [2.24, 2.45) is 0 Å². The Morgan fingerprint density at radius 3 is 2.29 bits per heavy atom. The number of aromatic nitrogens is 2. The van der Waals surface area contributed by atoms with Crippen LogP contribution in [0.25, 0.3) is 22.5 Å². The SMILES string of the molecule is Nc1c(-c2ccccc2)nc(=S)[nH]c1-c1ccc(Br)cc1. The molecule has 0 atom stereocenters. The molecule has 3 aromatic rings. The third kappa shape index (κ3) is 2.89. The molecule has 0 aliphatic heterocycles. The van der Waals surface area contributed by atoms with Crippen molar-refractivity contribution >= 4 is 33.8 Å². The van der Waals surface area contributed by atoms with E-state index in [1.807, 2.05) is 54.6 Å². The summed E-state index contributed by atoms with van der Waals surface area (Å²) in [6, 6.07) is 17.7. The molecule has 0 saturated carbocycles. The van der Waals surface area contributed by atoms with E-state index in [2.05, 4.69) is 25.9 Å². The number of nitrogen functional groups attached to an aromatic ring is 1. The van der Waals surface area contributed by atoms with E-state index in [0.29, 0.717) is 16.2 Å². The third-order valence-corrected chi connectivity index (χ3v) is 3.87. The highest BCUT2D eigenvalue weighted by Gasteiger charge is 2.11. The van der Waals surface area contributed by atoms with Gasteiger partial charge in [0.25, 0.3) is 0 Å². The predicted molar refractivity (Wildman–Crippen MR) is 92.4 cm³/mol. The first-order chi connectivity index (χ1) is 10.1. The fraction of sp³-hybridized carbons (Fsp3) is 0. The summed E-state index contributed by atoms with van der Waals surface area (Å²) in [7, 11) is 0. The van der Waals surface area contributed by atoms with Crippen LogP contribution in [0.15, 0.2) is 59.1 Å². The van der Waals surface area contributed by atoms with Gasteiger partial charge in [0.05, 0.1) is 17.1 Å². The van der Waals surface area contributed by atoms with Crippen LogP contribution in [-0.2, 0) is 0 Å². The van der Waals surface area contributed by atoms with Crippen LogP contribution in [0.4, 0.5) is 5.69 Å². The lowest BCUT2D eigenvalue weighted by molar-refractivity contribution is 1.15. The number of benzene rings is 2. The number of hydrogen-bond donors (Lipinski definition) is 2. The van der Waals surface area contributed by atoms with Crippen molar-refractivity contribution in [2.45, 2.75) is 0 Å². The number of aromatic amines is 1. The minimum absolute atomic E-state index is 0.418. The second-order valence-electron chi connectivity index (χ2n) is 4.55. The number of H-pyrrole nitrogens is 1. The number of nitrogens with one attached hydrogen (secondary N) is 1. The average molecular weight is 358 g/mol. The van der Waals surface area contributed by atoms with Crippen LogP contribution < -0.4 is 5.73 Å². The Balaban J connectivity index is 2.21. The maximum Gasteiger partial charge on any atom is 0.197 e. The fourth-order valence-electron chi connectivity index (χ4n) is 2.14. The number of nitrogens with two attached hydrogens (primary N) is 1. The average Bonchev–Trinajstić information content (AvgIpc) is 2.51. The lowest BCUT2D eigenvalue weighted by Gasteiger charge is -2.11. The van der Waals surface area contributed by atoms with Gasteiger partial charge in [-0.25, -0.2) is 4.98 Å². The first-order valence-corrected chi connectivity index (χ1v) is 7.56. The van der Waals surface area contributed by atoms with E-state index in [4.69, 9.17) is 18.0 Å². The van der Waals surface area contributed by atoms with Crippen LogP contribution in [0.5, 0.6) is 0 Å². The van der Waals surface area contributed by atoms with Crippen molar-refractivity contribution in [2.75, 3.05) is 5.73 Å². The Morgan fingerprint density at radius 2 is 1.62 bits per heavy atom. The number of nitrogens with zero attached hydrogens (tertiary/aromatic N) is 1. The Bertz CT molecular complexity index is 826. The highest BCUT2D eigenvalue weighted by molar-refractivity contribution is 9.10. The maximum absolute atomic E-state index is 6.30. The van der Waals surface area contributed by atoms with E-state index in [0.717, 1.165) is 21.3 Å². The minimum atomic E-state index is 0.418. The first kappa shape index (κ1) is 14.0. The van der Waals surface area contributed by atoms with Gasteiger partial charge in [-0.2, -0.15) is 0 Å². The molecule has 0 radical (unpaired) electrons. The van der Waals surface area contributed by atoms with E-state index in [9.17, 15) is 0 Å². The Hall–Kier alpha value is -1.98. The predicted octanol–water partition coefficient (Wildman–Crippen LogP) is 4.82.